The van der Waals surface area contributed by atoms with Crippen molar-refractivity contribution in [3.05, 3.63) is 95.9 Å². The predicted molar refractivity (Wildman–Crippen MR) is 107 cm³/mol. The second-order valence-corrected chi connectivity index (χ2v) is 6.39. The molecular formula is C22H18N4O3. The molecule has 4 aromatic rings. The van der Waals surface area contributed by atoms with Gasteiger partial charge < -0.3 is 15.5 Å². The Balaban J connectivity index is 1.62. The summed E-state index contributed by atoms with van der Waals surface area (Å²) in [7, 11) is 0. The molecule has 0 saturated carbocycles. The van der Waals surface area contributed by atoms with E-state index in [-0.39, 0.29) is 12.5 Å². The van der Waals surface area contributed by atoms with Gasteiger partial charge in [0.15, 0.2) is 5.76 Å². The van der Waals surface area contributed by atoms with Gasteiger partial charge in [0.1, 0.15) is 11.4 Å². The highest BCUT2D eigenvalue weighted by Crippen LogP contribution is 2.22. The molecule has 0 atom stereocenters. The quantitative estimate of drug-likeness (QED) is 0.531. The summed E-state index contributed by atoms with van der Waals surface area (Å²) in [6.07, 6.45) is 1.56. The summed E-state index contributed by atoms with van der Waals surface area (Å²) in [5, 5.41) is 7.40. The molecule has 2 aromatic carbocycles. The van der Waals surface area contributed by atoms with Crippen LogP contribution in [-0.4, -0.2) is 21.6 Å². The highest BCUT2D eigenvalue weighted by atomic mass is 16.3. The molecule has 0 saturated heterocycles. The first-order valence-corrected chi connectivity index (χ1v) is 8.98. The van der Waals surface area contributed by atoms with Crippen LogP contribution < -0.4 is 11.1 Å². The van der Waals surface area contributed by atoms with Crippen LogP contribution in [0.15, 0.2) is 83.5 Å². The molecule has 2 amide bonds. The van der Waals surface area contributed by atoms with Gasteiger partial charge in [-0.15, -0.1) is 0 Å². The Morgan fingerprint density at radius 2 is 1.83 bits per heavy atom. The lowest BCUT2D eigenvalue weighted by Crippen LogP contribution is -2.25. The van der Waals surface area contributed by atoms with E-state index in [1.807, 2.05) is 36.4 Å². The number of nitrogens with zero attached hydrogens (tertiary/aromatic N) is 2. The van der Waals surface area contributed by atoms with E-state index in [0.29, 0.717) is 22.7 Å². The van der Waals surface area contributed by atoms with Gasteiger partial charge in [-0.25, -0.2) is 4.68 Å². The van der Waals surface area contributed by atoms with Crippen molar-refractivity contribution in [2.24, 2.45) is 5.73 Å². The maximum absolute atomic E-state index is 12.9. The molecule has 0 fully saturated rings. The third-order valence-corrected chi connectivity index (χ3v) is 4.38. The molecule has 0 radical (unpaired) electrons. The number of amides is 2. The Morgan fingerprint density at radius 1 is 1.00 bits per heavy atom. The van der Waals surface area contributed by atoms with E-state index >= 15 is 0 Å². The smallest absolute Gasteiger partial charge is 0.270 e. The molecule has 0 bridgehead atoms. The molecule has 144 valence electrons. The zero-order valence-corrected chi connectivity index (χ0v) is 15.4. The molecule has 2 aromatic heterocycles. The number of para-hydroxylation sites is 1. The molecule has 7 nitrogen and oxygen atoms in total. The fourth-order valence-electron chi connectivity index (χ4n) is 2.96. The number of nitrogens with two attached hydrogens (primary N) is 1. The molecule has 2 heterocycles. The number of primary amides is 1. The standard InChI is InChI=1S/C22H18N4O3/c23-21(27)16-7-4-6-15(12-16)14-24-22(28)19-13-18(20-10-5-11-29-20)25-26(19)17-8-2-1-3-9-17/h1-13H,14H2,(H2,23,27)(H,24,28). The maximum Gasteiger partial charge on any atom is 0.270 e. The SMILES string of the molecule is NC(=O)c1cccc(CNC(=O)c2cc(-c3ccco3)nn2-c2ccccc2)c1. The van der Waals surface area contributed by atoms with Gasteiger partial charge in [-0.3, -0.25) is 9.59 Å². The normalized spacial score (nSPS) is 10.6. The third kappa shape index (κ3) is 3.93. The van der Waals surface area contributed by atoms with Gasteiger partial charge in [-0.05, 0) is 42.0 Å². The van der Waals surface area contributed by atoms with E-state index in [4.69, 9.17) is 10.2 Å². The molecule has 29 heavy (non-hydrogen) atoms. The number of hydrogen-bond acceptors (Lipinski definition) is 4. The van der Waals surface area contributed by atoms with Crippen molar-refractivity contribution in [1.82, 2.24) is 15.1 Å². The Kier molecular flexibility index (Phi) is 4.94. The number of hydrogen-bond donors (Lipinski definition) is 2. The summed E-state index contributed by atoms with van der Waals surface area (Å²) in [6, 6.07) is 21.4. The molecular weight excluding hydrogens is 368 g/mol. The average molecular weight is 386 g/mol. The highest BCUT2D eigenvalue weighted by molar-refractivity contribution is 5.94. The first-order chi connectivity index (χ1) is 14.1. The Hall–Kier alpha value is -4.13. The van der Waals surface area contributed by atoms with E-state index < -0.39 is 5.91 Å². The summed E-state index contributed by atoms with van der Waals surface area (Å²) in [5.74, 6) is -0.241. The van der Waals surface area contributed by atoms with Crippen molar-refractivity contribution in [3.8, 4) is 17.1 Å². The zero-order chi connectivity index (χ0) is 20.2. The van der Waals surface area contributed by atoms with E-state index in [0.717, 1.165) is 11.3 Å². The van der Waals surface area contributed by atoms with Crippen LogP contribution in [0.4, 0.5) is 0 Å². The molecule has 0 aliphatic rings. The summed E-state index contributed by atoms with van der Waals surface area (Å²) in [6.45, 7) is 0.246. The van der Waals surface area contributed by atoms with Crippen LogP contribution in [0.3, 0.4) is 0 Å². The summed E-state index contributed by atoms with van der Waals surface area (Å²) >= 11 is 0. The molecule has 4 rings (SSSR count). The lowest BCUT2D eigenvalue weighted by Gasteiger charge is -2.09. The minimum atomic E-state index is -0.511. The minimum absolute atomic E-state index is 0.246. The fraction of sp³-hybridized carbons (Fsp3) is 0.0455. The van der Waals surface area contributed by atoms with Crippen LogP contribution in [0.5, 0.6) is 0 Å². The molecule has 7 heteroatoms. The number of furan rings is 1. The zero-order valence-electron chi connectivity index (χ0n) is 15.4. The van der Waals surface area contributed by atoms with Crippen LogP contribution in [0.25, 0.3) is 17.1 Å². The number of benzene rings is 2. The summed E-state index contributed by atoms with van der Waals surface area (Å²) in [4.78, 5) is 24.3. The number of carbonyl (C=O) groups excluding carboxylic acids is 2. The topological polar surface area (TPSA) is 103 Å². The van der Waals surface area contributed by atoms with E-state index in [2.05, 4.69) is 10.4 Å². The van der Waals surface area contributed by atoms with Crippen molar-refractivity contribution in [3.63, 3.8) is 0 Å². The second-order valence-electron chi connectivity index (χ2n) is 6.39. The van der Waals surface area contributed by atoms with Crippen LogP contribution in [-0.2, 0) is 6.54 Å². The number of nitrogens with one attached hydrogen (secondary N) is 1. The summed E-state index contributed by atoms with van der Waals surface area (Å²) < 4.78 is 6.99. The second kappa shape index (κ2) is 7.85. The van der Waals surface area contributed by atoms with Gasteiger partial charge in [0.25, 0.3) is 5.91 Å². The lowest BCUT2D eigenvalue weighted by atomic mass is 10.1. The van der Waals surface area contributed by atoms with E-state index in [1.54, 1.807) is 47.3 Å². The van der Waals surface area contributed by atoms with Gasteiger partial charge in [0, 0.05) is 18.2 Å². The number of carbonyl (C=O) groups is 2. The van der Waals surface area contributed by atoms with Crippen LogP contribution >= 0.6 is 0 Å². The Morgan fingerprint density at radius 3 is 2.55 bits per heavy atom. The largest absolute Gasteiger partial charge is 0.463 e. The van der Waals surface area contributed by atoms with Crippen molar-refractivity contribution in [2.75, 3.05) is 0 Å². The maximum atomic E-state index is 12.9. The van der Waals surface area contributed by atoms with E-state index in [9.17, 15) is 9.59 Å². The van der Waals surface area contributed by atoms with Gasteiger partial charge >= 0.3 is 0 Å². The number of aromatic nitrogens is 2. The van der Waals surface area contributed by atoms with Gasteiger partial charge in [0.2, 0.25) is 5.91 Å². The first kappa shape index (κ1) is 18.2. The van der Waals surface area contributed by atoms with Crippen molar-refractivity contribution in [2.45, 2.75) is 6.54 Å². The van der Waals surface area contributed by atoms with Crippen LogP contribution in [0.2, 0.25) is 0 Å². The van der Waals surface area contributed by atoms with Gasteiger partial charge in [-0.1, -0.05) is 30.3 Å². The van der Waals surface area contributed by atoms with Crippen molar-refractivity contribution in [1.29, 1.82) is 0 Å². The van der Waals surface area contributed by atoms with Crippen molar-refractivity contribution < 1.29 is 14.0 Å². The molecule has 3 N–H and O–H groups in total. The Labute approximate surface area is 166 Å². The third-order valence-electron chi connectivity index (χ3n) is 4.38. The molecule has 0 aliphatic heterocycles. The Bertz CT molecular complexity index is 1150. The first-order valence-electron chi connectivity index (χ1n) is 8.98. The molecule has 0 spiro atoms. The molecule has 0 aliphatic carbocycles. The summed E-state index contributed by atoms with van der Waals surface area (Å²) in [5.41, 5.74) is 8.16. The van der Waals surface area contributed by atoms with E-state index in [1.165, 1.54) is 0 Å². The average Bonchev–Trinajstić information content (AvgIpc) is 3.43. The number of rotatable bonds is 6. The van der Waals surface area contributed by atoms with Gasteiger partial charge in [-0.2, -0.15) is 5.10 Å². The molecule has 0 unspecified atom stereocenters. The minimum Gasteiger partial charge on any atom is -0.463 e. The monoisotopic (exact) mass is 386 g/mol. The van der Waals surface area contributed by atoms with Crippen LogP contribution in [0, 0.1) is 0 Å². The van der Waals surface area contributed by atoms with Gasteiger partial charge in [0.05, 0.1) is 12.0 Å². The predicted octanol–water partition coefficient (Wildman–Crippen LogP) is 3.16. The highest BCUT2D eigenvalue weighted by Gasteiger charge is 2.18. The van der Waals surface area contributed by atoms with Crippen molar-refractivity contribution >= 4 is 11.8 Å². The van der Waals surface area contributed by atoms with Crippen LogP contribution in [0.1, 0.15) is 26.4 Å². The lowest BCUT2D eigenvalue weighted by molar-refractivity contribution is 0.0942. The fourth-order valence-corrected chi connectivity index (χ4v) is 2.96.